The number of benzene rings is 2. The third-order valence-corrected chi connectivity index (χ3v) is 7.21. The van der Waals surface area contributed by atoms with Crippen LogP contribution in [0.4, 0.5) is 0 Å². The largest absolute Gasteiger partial charge is 0.352 e. The van der Waals surface area contributed by atoms with E-state index in [2.05, 4.69) is 5.32 Å². The van der Waals surface area contributed by atoms with Crippen LogP contribution in [-0.2, 0) is 27.1 Å². The van der Waals surface area contributed by atoms with Crippen LogP contribution in [0.2, 0.25) is 0 Å². The second-order valence-electron chi connectivity index (χ2n) is 7.56. The molecule has 1 aliphatic heterocycles. The van der Waals surface area contributed by atoms with E-state index in [0.717, 1.165) is 22.3 Å². The van der Waals surface area contributed by atoms with E-state index in [1.54, 1.807) is 0 Å². The summed E-state index contributed by atoms with van der Waals surface area (Å²) in [4.78, 5) is 12.5. The van der Waals surface area contributed by atoms with Crippen molar-refractivity contribution < 1.29 is 13.2 Å². The maximum absolute atomic E-state index is 12.7. The summed E-state index contributed by atoms with van der Waals surface area (Å²) in [6, 6.07) is 15.6. The van der Waals surface area contributed by atoms with Gasteiger partial charge in [-0.05, 0) is 43.4 Å². The Hall–Kier alpha value is -2.18. The molecule has 28 heavy (non-hydrogen) atoms. The Bertz CT molecular complexity index is 932. The Morgan fingerprint density at radius 1 is 1.07 bits per heavy atom. The normalized spacial score (nSPS) is 16.1. The minimum Gasteiger partial charge on any atom is -0.352 e. The van der Waals surface area contributed by atoms with Gasteiger partial charge in [0.25, 0.3) is 0 Å². The first-order valence-corrected chi connectivity index (χ1v) is 11.3. The molecule has 1 N–H and O–H groups in total. The van der Waals surface area contributed by atoms with E-state index in [1.807, 2.05) is 62.4 Å². The van der Waals surface area contributed by atoms with Crippen LogP contribution >= 0.6 is 0 Å². The molecule has 1 heterocycles. The molecule has 0 spiro atoms. The highest BCUT2D eigenvalue weighted by atomic mass is 32.2. The molecule has 1 fully saturated rings. The van der Waals surface area contributed by atoms with Gasteiger partial charge in [0.1, 0.15) is 0 Å². The Kier molecular flexibility index (Phi) is 6.52. The quantitative estimate of drug-likeness (QED) is 0.810. The van der Waals surface area contributed by atoms with Gasteiger partial charge in [-0.25, -0.2) is 12.7 Å². The van der Waals surface area contributed by atoms with E-state index in [4.69, 9.17) is 0 Å². The lowest BCUT2D eigenvalue weighted by atomic mass is 9.97. The lowest BCUT2D eigenvalue weighted by molar-refractivity contribution is -0.126. The van der Waals surface area contributed by atoms with Gasteiger partial charge in [0, 0.05) is 25.6 Å². The van der Waals surface area contributed by atoms with Crippen molar-refractivity contribution in [2.24, 2.45) is 5.92 Å². The number of rotatable bonds is 6. The highest BCUT2D eigenvalue weighted by molar-refractivity contribution is 7.88. The van der Waals surface area contributed by atoms with Crippen LogP contribution in [-0.4, -0.2) is 31.7 Å². The molecule has 0 aliphatic carbocycles. The molecule has 1 amide bonds. The van der Waals surface area contributed by atoms with Crippen LogP contribution in [0.3, 0.4) is 0 Å². The van der Waals surface area contributed by atoms with Gasteiger partial charge in [-0.2, -0.15) is 0 Å². The Balaban J connectivity index is 1.52. The van der Waals surface area contributed by atoms with Crippen molar-refractivity contribution in [3.8, 4) is 0 Å². The SMILES string of the molecule is Cc1cccc(CS(=O)(=O)N2CCC(C(=O)NCc3ccccc3C)CC2)c1. The smallest absolute Gasteiger partial charge is 0.223 e. The first kappa shape index (κ1) is 20.6. The number of piperidine rings is 1. The van der Waals surface area contributed by atoms with Gasteiger partial charge in [-0.3, -0.25) is 4.79 Å². The van der Waals surface area contributed by atoms with Crippen LogP contribution in [0, 0.1) is 19.8 Å². The summed E-state index contributed by atoms with van der Waals surface area (Å²) >= 11 is 0. The molecule has 1 saturated heterocycles. The molecule has 5 nitrogen and oxygen atoms in total. The molecule has 1 aliphatic rings. The summed E-state index contributed by atoms with van der Waals surface area (Å²) in [5.41, 5.74) is 4.11. The van der Waals surface area contributed by atoms with Crippen LogP contribution in [0.15, 0.2) is 48.5 Å². The van der Waals surface area contributed by atoms with Crippen LogP contribution in [0.5, 0.6) is 0 Å². The summed E-state index contributed by atoms with van der Waals surface area (Å²) in [6.07, 6.45) is 1.12. The fourth-order valence-electron chi connectivity index (χ4n) is 3.64. The molecule has 0 unspecified atom stereocenters. The molecule has 0 atom stereocenters. The highest BCUT2D eigenvalue weighted by Gasteiger charge is 2.31. The lowest BCUT2D eigenvalue weighted by Crippen LogP contribution is -2.43. The second-order valence-corrected chi connectivity index (χ2v) is 9.53. The predicted molar refractivity (Wildman–Crippen MR) is 111 cm³/mol. The molecule has 6 heteroatoms. The number of nitrogens with one attached hydrogen (secondary N) is 1. The first-order valence-electron chi connectivity index (χ1n) is 9.71. The summed E-state index contributed by atoms with van der Waals surface area (Å²) in [6.45, 7) is 5.29. The Morgan fingerprint density at radius 2 is 1.79 bits per heavy atom. The van der Waals surface area contributed by atoms with Crippen molar-refractivity contribution in [2.45, 2.75) is 39.0 Å². The number of amides is 1. The maximum Gasteiger partial charge on any atom is 0.223 e. The number of aryl methyl sites for hydroxylation is 2. The molecule has 3 rings (SSSR count). The zero-order valence-corrected chi connectivity index (χ0v) is 17.3. The van der Waals surface area contributed by atoms with Gasteiger partial charge in [0.2, 0.25) is 15.9 Å². The van der Waals surface area contributed by atoms with E-state index < -0.39 is 10.0 Å². The minimum absolute atomic E-state index is 0.0127. The van der Waals surface area contributed by atoms with Gasteiger partial charge in [-0.1, -0.05) is 54.1 Å². The van der Waals surface area contributed by atoms with Gasteiger partial charge >= 0.3 is 0 Å². The zero-order chi connectivity index (χ0) is 20.1. The molecular weight excluding hydrogens is 372 g/mol. The molecule has 0 aromatic heterocycles. The Morgan fingerprint density at radius 3 is 2.46 bits per heavy atom. The van der Waals surface area contributed by atoms with Crippen LogP contribution in [0.1, 0.15) is 35.1 Å². The van der Waals surface area contributed by atoms with E-state index in [-0.39, 0.29) is 17.6 Å². The summed E-state index contributed by atoms with van der Waals surface area (Å²) in [5, 5.41) is 3.00. The van der Waals surface area contributed by atoms with Crippen molar-refractivity contribution in [1.29, 1.82) is 0 Å². The summed E-state index contributed by atoms with van der Waals surface area (Å²) in [5.74, 6) is -0.104. The standard InChI is InChI=1S/C22H28N2O3S/c1-17-6-5-8-19(14-17)16-28(26,27)24-12-10-20(11-13-24)22(25)23-15-21-9-4-3-7-18(21)2/h3-9,14,20H,10-13,15-16H2,1-2H3,(H,23,25). The molecule has 150 valence electrons. The monoisotopic (exact) mass is 400 g/mol. The topological polar surface area (TPSA) is 66.5 Å². The molecule has 0 radical (unpaired) electrons. The summed E-state index contributed by atoms with van der Waals surface area (Å²) < 4.78 is 27.0. The zero-order valence-electron chi connectivity index (χ0n) is 16.5. The van der Waals surface area contributed by atoms with Crippen molar-refractivity contribution in [2.75, 3.05) is 13.1 Å². The lowest BCUT2D eigenvalue weighted by Gasteiger charge is -2.30. The van der Waals surface area contributed by atoms with Crippen LogP contribution in [0.25, 0.3) is 0 Å². The Labute approximate surface area is 167 Å². The minimum atomic E-state index is -3.36. The van der Waals surface area contributed by atoms with Crippen LogP contribution < -0.4 is 5.32 Å². The van der Waals surface area contributed by atoms with Gasteiger partial charge in [0.15, 0.2) is 0 Å². The van der Waals surface area contributed by atoms with Crippen molar-refractivity contribution in [1.82, 2.24) is 9.62 Å². The molecule has 2 aromatic carbocycles. The number of sulfonamides is 1. The average molecular weight is 401 g/mol. The number of carbonyl (C=O) groups excluding carboxylic acids is 1. The average Bonchev–Trinajstić information content (AvgIpc) is 2.67. The van der Waals surface area contributed by atoms with Crippen molar-refractivity contribution >= 4 is 15.9 Å². The van der Waals surface area contributed by atoms with Gasteiger partial charge in [0.05, 0.1) is 5.75 Å². The summed E-state index contributed by atoms with van der Waals surface area (Å²) in [7, 11) is -3.36. The van der Waals surface area contributed by atoms with Gasteiger partial charge < -0.3 is 5.32 Å². The molecule has 2 aromatic rings. The number of hydrogen-bond donors (Lipinski definition) is 1. The number of hydrogen-bond acceptors (Lipinski definition) is 3. The van der Waals surface area contributed by atoms with Crippen molar-refractivity contribution in [3.05, 3.63) is 70.8 Å². The third kappa shape index (κ3) is 5.20. The fourth-order valence-corrected chi connectivity index (χ4v) is 5.19. The number of carbonyl (C=O) groups is 1. The molecule has 0 saturated carbocycles. The second kappa shape index (κ2) is 8.88. The highest BCUT2D eigenvalue weighted by Crippen LogP contribution is 2.22. The van der Waals surface area contributed by atoms with E-state index >= 15 is 0 Å². The maximum atomic E-state index is 12.7. The van der Waals surface area contributed by atoms with E-state index in [1.165, 1.54) is 4.31 Å². The van der Waals surface area contributed by atoms with E-state index in [9.17, 15) is 13.2 Å². The predicted octanol–water partition coefficient (Wildman–Crippen LogP) is 3.16. The molecule has 0 bridgehead atoms. The third-order valence-electron chi connectivity index (χ3n) is 5.36. The van der Waals surface area contributed by atoms with E-state index in [0.29, 0.717) is 32.5 Å². The van der Waals surface area contributed by atoms with Gasteiger partial charge in [-0.15, -0.1) is 0 Å². The number of nitrogens with zero attached hydrogens (tertiary/aromatic N) is 1. The first-order chi connectivity index (χ1) is 13.3. The van der Waals surface area contributed by atoms with Crippen molar-refractivity contribution in [3.63, 3.8) is 0 Å². The molecular formula is C22H28N2O3S. The fraction of sp³-hybridized carbons (Fsp3) is 0.409.